The molecule has 3 N–H and O–H groups in total. The summed E-state index contributed by atoms with van der Waals surface area (Å²) < 4.78 is 6.03. The molecule has 3 atom stereocenters. The highest BCUT2D eigenvalue weighted by Crippen LogP contribution is 2.34. The highest BCUT2D eigenvalue weighted by atomic mass is 16.5. The summed E-state index contributed by atoms with van der Waals surface area (Å²) in [6.45, 7) is 2.28. The van der Waals surface area contributed by atoms with Crippen molar-refractivity contribution in [1.29, 1.82) is 0 Å². The predicted octanol–water partition coefficient (Wildman–Crippen LogP) is 2.60. The molecule has 0 saturated heterocycles. The molecule has 3 rings (SSSR count). The van der Waals surface area contributed by atoms with Gasteiger partial charge in [0.1, 0.15) is 11.8 Å². The zero-order chi connectivity index (χ0) is 13.4. The van der Waals surface area contributed by atoms with Gasteiger partial charge in [0.2, 0.25) is 5.91 Å². The quantitative estimate of drug-likeness (QED) is 0.859. The maximum Gasteiger partial charge on any atom is 0.245 e. The number of nitrogens with one attached hydrogen (secondary N) is 1. The third kappa shape index (κ3) is 2.45. The van der Waals surface area contributed by atoms with Gasteiger partial charge in [-0.15, -0.1) is 0 Å². The highest BCUT2D eigenvalue weighted by molar-refractivity contribution is 6.02. The number of benzene rings is 1. The summed E-state index contributed by atoms with van der Waals surface area (Å²) >= 11 is 0. The predicted molar refractivity (Wildman–Crippen MR) is 74.0 cm³/mol. The minimum atomic E-state index is -0.543. The van der Waals surface area contributed by atoms with Crippen LogP contribution in [0.25, 0.3) is 0 Å². The van der Waals surface area contributed by atoms with Crippen LogP contribution >= 0.6 is 0 Å². The van der Waals surface area contributed by atoms with Crippen molar-refractivity contribution in [2.24, 2.45) is 11.7 Å². The van der Waals surface area contributed by atoms with E-state index < -0.39 is 6.04 Å². The summed E-state index contributed by atoms with van der Waals surface area (Å²) in [6.07, 6.45) is 5.07. The van der Waals surface area contributed by atoms with Gasteiger partial charge in [-0.1, -0.05) is 19.4 Å². The zero-order valence-electron chi connectivity index (χ0n) is 11.2. The van der Waals surface area contributed by atoms with Crippen LogP contribution in [0.2, 0.25) is 0 Å². The Hall–Kier alpha value is -1.55. The minimum absolute atomic E-state index is 0.140. The Bertz CT molecular complexity index is 501. The van der Waals surface area contributed by atoms with E-state index in [4.69, 9.17) is 10.5 Å². The van der Waals surface area contributed by atoms with Crippen molar-refractivity contribution in [2.75, 3.05) is 5.32 Å². The van der Waals surface area contributed by atoms with E-state index in [1.807, 2.05) is 18.2 Å². The Morgan fingerprint density at radius 2 is 2.21 bits per heavy atom. The molecule has 0 radical (unpaired) electrons. The molecule has 1 aromatic rings. The van der Waals surface area contributed by atoms with Crippen LogP contribution in [-0.2, 0) is 4.79 Å². The lowest BCUT2D eigenvalue weighted by Gasteiger charge is -2.27. The van der Waals surface area contributed by atoms with Crippen LogP contribution in [0.1, 0.15) is 44.2 Å². The smallest absolute Gasteiger partial charge is 0.245 e. The molecule has 0 spiro atoms. The van der Waals surface area contributed by atoms with Crippen molar-refractivity contribution in [3.63, 3.8) is 0 Å². The molecule has 4 nitrogen and oxygen atoms in total. The summed E-state index contributed by atoms with van der Waals surface area (Å²) in [5, 5.41) is 2.79. The molecule has 1 aliphatic carbocycles. The number of carbonyl (C=O) groups is 1. The van der Waals surface area contributed by atoms with Crippen molar-refractivity contribution in [1.82, 2.24) is 0 Å². The second kappa shape index (κ2) is 4.85. The van der Waals surface area contributed by atoms with Crippen LogP contribution in [-0.4, -0.2) is 12.0 Å². The van der Waals surface area contributed by atoms with Gasteiger partial charge in [0.25, 0.3) is 0 Å². The number of anilines is 1. The van der Waals surface area contributed by atoms with Crippen LogP contribution in [0.15, 0.2) is 18.2 Å². The Morgan fingerprint density at radius 3 is 3.00 bits per heavy atom. The summed E-state index contributed by atoms with van der Waals surface area (Å²) in [4.78, 5) is 11.5. The molecule has 0 aromatic heterocycles. The lowest BCUT2D eigenvalue weighted by molar-refractivity contribution is -0.116. The second-order valence-electron chi connectivity index (χ2n) is 5.73. The van der Waals surface area contributed by atoms with Crippen LogP contribution in [0.4, 0.5) is 5.69 Å². The average molecular weight is 260 g/mol. The third-order valence-corrected chi connectivity index (χ3v) is 4.09. The molecule has 3 unspecified atom stereocenters. The van der Waals surface area contributed by atoms with Gasteiger partial charge in [0, 0.05) is 17.3 Å². The van der Waals surface area contributed by atoms with Crippen molar-refractivity contribution in [2.45, 2.75) is 44.8 Å². The topological polar surface area (TPSA) is 64.3 Å². The molecule has 1 saturated carbocycles. The number of hydrogen-bond donors (Lipinski definition) is 2. The van der Waals surface area contributed by atoms with Crippen LogP contribution in [0.5, 0.6) is 5.75 Å². The highest BCUT2D eigenvalue weighted by Gasteiger charge is 2.27. The van der Waals surface area contributed by atoms with Crippen molar-refractivity contribution in [3.05, 3.63) is 23.8 Å². The van der Waals surface area contributed by atoms with Crippen LogP contribution in [0.3, 0.4) is 0 Å². The second-order valence-corrected chi connectivity index (χ2v) is 5.73. The molecule has 1 aromatic carbocycles. The molecule has 0 bridgehead atoms. The number of amides is 1. The number of fused-ring (bicyclic) bond motifs is 1. The number of nitrogens with two attached hydrogens (primary N) is 1. The Kier molecular flexibility index (Phi) is 3.19. The van der Waals surface area contributed by atoms with Gasteiger partial charge in [0.05, 0.1) is 6.10 Å². The summed E-state index contributed by atoms with van der Waals surface area (Å²) in [6, 6.07) is 5.15. The molecule has 19 heavy (non-hydrogen) atoms. The van der Waals surface area contributed by atoms with Gasteiger partial charge >= 0.3 is 0 Å². The molecular weight excluding hydrogens is 240 g/mol. The van der Waals surface area contributed by atoms with E-state index in [1.165, 1.54) is 12.8 Å². The largest absolute Gasteiger partial charge is 0.490 e. The van der Waals surface area contributed by atoms with E-state index in [-0.39, 0.29) is 5.91 Å². The van der Waals surface area contributed by atoms with E-state index in [2.05, 4.69) is 12.2 Å². The third-order valence-electron chi connectivity index (χ3n) is 4.09. The maximum absolute atomic E-state index is 11.5. The standard InChI is InChI=1S/C15H20N2O2/c1-9-3-2-4-10(7-9)19-11-5-6-12-13(8-11)17-15(18)14(12)16/h5-6,8-10,14H,2-4,7,16H2,1H3,(H,17,18). The van der Waals surface area contributed by atoms with Gasteiger partial charge in [-0.3, -0.25) is 4.79 Å². The van der Waals surface area contributed by atoms with Crippen molar-refractivity contribution in [3.8, 4) is 5.75 Å². The summed E-state index contributed by atoms with van der Waals surface area (Å²) in [7, 11) is 0. The molecule has 2 aliphatic rings. The molecule has 1 amide bonds. The van der Waals surface area contributed by atoms with Gasteiger partial charge in [0.15, 0.2) is 0 Å². The first-order valence-corrected chi connectivity index (χ1v) is 7.00. The molecule has 1 fully saturated rings. The Morgan fingerprint density at radius 1 is 1.37 bits per heavy atom. The molecule has 1 aliphatic heterocycles. The van der Waals surface area contributed by atoms with E-state index in [1.54, 1.807) is 0 Å². The molecule has 102 valence electrons. The molecular formula is C15H20N2O2. The number of rotatable bonds is 2. The van der Waals surface area contributed by atoms with E-state index in [0.29, 0.717) is 6.10 Å². The SMILES string of the molecule is CC1CCCC(Oc2ccc3c(c2)NC(=O)C3N)C1. The summed E-state index contributed by atoms with van der Waals surface area (Å²) in [5.41, 5.74) is 7.44. The number of carbonyl (C=O) groups excluding carboxylic acids is 1. The lowest BCUT2D eigenvalue weighted by atomic mass is 9.89. The fourth-order valence-corrected chi connectivity index (χ4v) is 3.02. The number of ether oxygens (including phenoxy) is 1. The number of hydrogen-bond acceptors (Lipinski definition) is 3. The normalized spacial score (nSPS) is 29.8. The fraction of sp³-hybridized carbons (Fsp3) is 0.533. The lowest BCUT2D eigenvalue weighted by Crippen LogP contribution is -2.24. The van der Waals surface area contributed by atoms with Gasteiger partial charge < -0.3 is 15.8 Å². The Labute approximate surface area is 113 Å². The van der Waals surface area contributed by atoms with E-state index in [0.717, 1.165) is 35.8 Å². The van der Waals surface area contributed by atoms with Gasteiger partial charge in [-0.25, -0.2) is 0 Å². The van der Waals surface area contributed by atoms with Gasteiger partial charge in [-0.2, -0.15) is 0 Å². The van der Waals surface area contributed by atoms with E-state index in [9.17, 15) is 4.79 Å². The van der Waals surface area contributed by atoms with Gasteiger partial charge in [-0.05, 0) is 31.2 Å². The zero-order valence-corrected chi connectivity index (χ0v) is 11.2. The Balaban J connectivity index is 1.73. The first-order valence-electron chi connectivity index (χ1n) is 7.00. The van der Waals surface area contributed by atoms with Crippen LogP contribution < -0.4 is 15.8 Å². The maximum atomic E-state index is 11.5. The van der Waals surface area contributed by atoms with Crippen molar-refractivity contribution < 1.29 is 9.53 Å². The first kappa shape index (κ1) is 12.5. The molecule has 4 heteroatoms. The summed E-state index contributed by atoms with van der Waals surface area (Å²) in [5.74, 6) is 1.42. The van der Waals surface area contributed by atoms with E-state index >= 15 is 0 Å². The fourth-order valence-electron chi connectivity index (χ4n) is 3.02. The van der Waals surface area contributed by atoms with Crippen LogP contribution in [0, 0.1) is 5.92 Å². The average Bonchev–Trinajstić information content (AvgIpc) is 2.65. The molecule has 1 heterocycles. The monoisotopic (exact) mass is 260 g/mol. The first-order chi connectivity index (χ1) is 9.13. The van der Waals surface area contributed by atoms with Crippen molar-refractivity contribution >= 4 is 11.6 Å². The minimum Gasteiger partial charge on any atom is -0.490 e.